The summed E-state index contributed by atoms with van der Waals surface area (Å²) >= 11 is 7.79. The van der Waals surface area contributed by atoms with Crippen molar-refractivity contribution in [2.75, 3.05) is 26.2 Å². The Labute approximate surface area is 264 Å². The average Bonchev–Trinajstić information content (AvgIpc) is 3.70. The summed E-state index contributed by atoms with van der Waals surface area (Å²) < 4.78 is 14.5. The predicted molar refractivity (Wildman–Crippen MR) is 171 cm³/mol. The molecule has 1 aromatic heterocycles. The maximum atomic E-state index is 14.6. The Bertz CT molecular complexity index is 1670. The molecule has 1 N–H and O–H groups in total. The molecule has 0 aliphatic carbocycles. The molecule has 224 valence electrons. The Balaban J connectivity index is 1.56. The number of Topliss-reactive ketones (excluding diaryl/α,β-unsaturated/α-hetero) is 1. The molecule has 0 spiro atoms. The average molecular weight is 628 g/mol. The van der Waals surface area contributed by atoms with E-state index in [1.54, 1.807) is 35.2 Å². The van der Waals surface area contributed by atoms with Crippen LogP contribution in [0.15, 0.2) is 102 Å². The fraction of sp³-hybridized carbons (Fsp3) is 0.229. The van der Waals surface area contributed by atoms with Crippen LogP contribution in [0.5, 0.6) is 0 Å². The summed E-state index contributed by atoms with van der Waals surface area (Å²) in [5.41, 5.74) is 1.39. The lowest BCUT2D eigenvalue weighted by atomic mass is 9.80. The van der Waals surface area contributed by atoms with E-state index in [1.807, 2.05) is 60.0 Å². The first-order chi connectivity index (χ1) is 21.4. The highest BCUT2D eigenvalue weighted by Gasteiger charge is 2.57. The van der Waals surface area contributed by atoms with E-state index in [2.05, 4.69) is 5.32 Å². The van der Waals surface area contributed by atoms with Crippen molar-refractivity contribution in [1.82, 2.24) is 15.1 Å². The minimum atomic E-state index is -0.999. The molecule has 2 fully saturated rings. The van der Waals surface area contributed by atoms with Gasteiger partial charge in [0, 0.05) is 53.1 Å². The Hall–Kier alpha value is -4.11. The summed E-state index contributed by atoms with van der Waals surface area (Å²) in [6.07, 6.45) is 3.71. The highest BCUT2D eigenvalue weighted by atomic mass is 35.5. The van der Waals surface area contributed by atoms with Crippen LogP contribution in [-0.2, 0) is 4.79 Å². The maximum Gasteiger partial charge on any atom is 0.255 e. The molecule has 2 aliphatic rings. The Morgan fingerprint density at radius 2 is 1.64 bits per heavy atom. The van der Waals surface area contributed by atoms with Crippen molar-refractivity contribution in [2.24, 2.45) is 5.92 Å². The van der Waals surface area contributed by atoms with Gasteiger partial charge in [-0.2, -0.15) is 0 Å². The Morgan fingerprint density at radius 3 is 2.34 bits per heavy atom. The number of hydrogen-bond acceptors (Lipinski definition) is 5. The highest BCUT2D eigenvalue weighted by Crippen LogP contribution is 2.47. The van der Waals surface area contributed by atoms with Crippen LogP contribution in [0.1, 0.15) is 37.1 Å². The van der Waals surface area contributed by atoms with Crippen molar-refractivity contribution < 1.29 is 18.8 Å². The van der Waals surface area contributed by atoms with E-state index < -0.39 is 35.6 Å². The molecule has 4 aromatic rings. The first-order valence-corrected chi connectivity index (χ1v) is 15.8. The SMILES string of the molecule is O=C(c1cccc(Cl)c1)C1C(c2cccs2)C(C(=O)N2CCNCC2)N(C(=O)c2cccc(F)c2)C1C=Cc1ccccc1. The number of rotatable bonds is 7. The third-order valence-electron chi connectivity index (χ3n) is 8.27. The summed E-state index contributed by atoms with van der Waals surface area (Å²) in [6, 6.07) is 23.8. The number of hydrogen-bond donors (Lipinski definition) is 1. The van der Waals surface area contributed by atoms with Crippen molar-refractivity contribution in [3.8, 4) is 0 Å². The van der Waals surface area contributed by atoms with Gasteiger partial charge in [-0.1, -0.05) is 78.4 Å². The second-order valence-corrected chi connectivity index (χ2v) is 12.4. The molecule has 9 heteroatoms. The van der Waals surface area contributed by atoms with E-state index in [1.165, 1.54) is 34.4 Å². The fourth-order valence-corrected chi connectivity index (χ4v) is 7.36. The van der Waals surface area contributed by atoms with Gasteiger partial charge >= 0.3 is 0 Å². The molecule has 4 unspecified atom stereocenters. The molecular formula is C35H31ClFN3O3S. The third-order valence-corrected chi connectivity index (χ3v) is 9.48. The normalized spacial score (nSPS) is 22.0. The summed E-state index contributed by atoms with van der Waals surface area (Å²) in [6.45, 7) is 2.21. The van der Waals surface area contributed by atoms with Gasteiger partial charge in [0.05, 0.1) is 12.0 Å². The zero-order valence-corrected chi connectivity index (χ0v) is 25.4. The van der Waals surface area contributed by atoms with Gasteiger partial charge in [0.25, 0.3) is 5.91 Å². The number of likely N-dealkylation sites (tertiary alicyclic amines) is 1. The van der Waals surface area contributed by atoms with Crippen molar-refractivity contribution in [2.45, 2.75) is 18.0 Å². The van der Waals surface area contributed by atoms with Gasteiger partial charge in [-0.05, 0) is 47.3 Å². The summed E-state index contributed by atoms with van der Waals surface area (Å²) in [5.74, 6) is -2.98. The number of thiophene rings is 1. The minimum absolute atomic E-state index is 0.113. The molecule has 3 aromatic carbocycles. The molecular weight excluding hydrogens is 597 g/mol. The molecule has 44 heavy (non-hydrogen) atoms. The van der Waals surface area contributed by atoms with Crippen LogP contribution in [0.25, 0.3) is 6.08 Å². The molecule has 6 rings (SSSR count). The number of nitrogens with zero attached hydrogens (tertiary/aromatic N) is 2. The van der Waals surface area contributed by atoms with Gasteiger partial charge < -0.3 is 15.1 Å². The number of piperazine rings is 1. The van der Waals surface area contributed by atoms with E-state index in [-0.39, 0.29) is 17.3 Å². The number of ketones is 1. The Kier molecular flexibility index (Phi) is 9.02. The van der Waals surface area contributed by atoms with E-state index in [4.69, 9.17) is 11.6 Å². The smallest absolute Gasteiger partial charge is 0.255 e. The van der Waals surface area contributed by atoms with Crippen molar-refractivity contribution in [3.63, 3.8) is 0 Å². The Morgan fingerprint density at radius 1 is 0.886 bits per heavy atom. The van der Waals surface area contributed by atoms with Gasteiger partial charge in [-0.15, -0.1) is 11.3 Å². The lowest BCUT2D eigenvalue weighted by Gasteiger charge is -2.35. The first-order valence-electron chi connectivity index (χ1n) is 14.6. The van der Waals surface area contributed by atoms with Crippen LogP contribution in [-0.4, -0.2) is 65.7 Å². The van der Waals surface area contributed by atoms with Crippen LogP contribution in [0.4, 0.5) is 4.39 Å². The highest BCUT2D eigenvalue weighted by molar-refractivity contribution is 7.10. The van der Waals surface area contributed by atoms with Crippen LogP contribution < -0.4 is 5.32 Å². The minimum Gasteiger partial charge on any atom is -0.338 e. The molecule has 0 saturated carbocycles. The summed E-state index contributed by atoms with van der Waals surface area (Å²) in [5, 5.41) is 5.60. The first kappa shape index (κ1) is 29.9. The molecule has 0 radical (unpaired) electrons. The molecule has 2 amide bonds. The van der Waals surface area contributed by atoms with Gasteiger partial charge in [-0.3, -0.25) is 14.4 Å². The lowest BCUT2D eigenvalue weighted by Crippen LogP contribution is -2.55. The molecule has 6 nitrogen and oxygen atoms in total. The van der Waals surface area contributed by atoms with Crippen molar-refractivity contribution in [1.29, 1.82) is 0 Å². The number of nitrogens with one attached hydrogen (secondary N) is 1. The van der Waals surface area contributed by atoms with Gasteiger partial charge in [0.2, 0.25) is 5.91 Å². The lowest BCUT2D eigenvalue weighted by molar-refractivity contribution is -0.136. The molecule has 0 bridgehead atoms. The van der Waals surface area contributed by atoms with Crippen LogP contribution >= 0.6 is 22.9 Å². The van der Waals surface area contributed by atoms with E-state index >= 15 is 0 Å². The third kappa shape index (κ3) is 6.11. The monoisotopic (exact) mass is 627 g/mol. The summed E-state index contributed by atoms with van der Waals surface area (Å²) in [4.78, 5) is 47.8. The molecule has 2 saturated heterocycles. The quantitative estimate of drug-likeness (QED) is 0.249. The predicted octanol–water partition coefficient (Wildman–Crippen LogP) is 6.16. The number of amides is 2. The number of carbonyl (C=O) groups is 3. The zero-order valence-electron chi connectivity index (χ0n) is 23.8. The van der Waals surface area contributed by atoms with E-state index in [9.17, 15) is 18.8 Å². The second kappa shape index (κ2) is 13.3. The maximum absolute atomic E-state index is 14.6. The van der Waals surface area contributed by atoms with Gasteiger partial charge in [-0.25, -0.2) is 4.39 Å². The summed E-state index contributed by atoms with van der Waals surface area (Å²) in [7, 11) is 0. The molecule has 3 heterocycles. The van der Waals surface area contributed by atoms with Gasteiger partial charge in [0.1, 0.15) is 11.9 Å². The molecule has 2 aliphatic heterocycles. The molecule has 4 atom stereocenters. The van der Waals surface area contributed by atoms with Crippen molar-refractivity contribution >= 4 is 46.6 Å². The van der Waals surface area contributed by atoms with Gasteiger partial charge in [0.15, 0.2) is 5.78 Å². The second-order valence-electron chi connectivity index (χ2n) is 10.9. The van der Waals surface area contributed by atoms with Crippen molar-refractivity contribution in [3.05, 3.63) is 135 Å². The largest absolute Gasteiger partial charge is 0.338 e. The number of carbonyl (C=O) groups excluding carboxylic acids is 3. The van der Waals surface area contributed by atoms with E-state index in [0.29, 0.717) is 36.8 Å². The van der Waals surface area contributed by atoms with E-state index in [0.717, 1.165) is 10.4 Å². The number of halogens is 2. The fourth-order valence-electron chi connectivity index (χ4n) is 6.27. The zero-order chi connectivity index (χ0) is 30.6. The number of benzene rings is 3. The standard InChI is InChI=1S/C35H31ClFN3O3S/c36-26-11-4-9-24(21-26)33(41)30-28(15-14-23-7-2-1-3-8-23)40(34(42)25-10-5-12-27(37)22-25)32(31(30)29-13-6-20-44-29)35(43)39-18-16-38-17-19-39/h1-15,20-22,28,30-32,38H,16-19H2. The van der Waals surface area contributed by atoms with Crippen LogP contribution in [0.2, 0.25) is 5.02 Å². The topological polar surface area (TPSA) is 69.7 Å². The van der Waals surface area contributed by atoms with Crippen LogP contribution in [0, 0.1) is 11.7 Å². The van der Waals surface area contributed by atoms with Crippen LogP contribution in [0.3, 0.4) is 0 Å².